The topological polar surface area (TPSA) is 11.3 Å². The fraction of sp³-hybridized carbons (Fsp3) is 0.450. The molecule has 2 aliphatic carbocycles. The smallest absolute Gasteiger partial charge is 0.217 e. The normalized spacial score (nSPS) is 17.7. The second-order valence-electron chi connectivity index (χ2n) is 6.53. The number of fused-ring (bicyclic) bond motifs is 3. The van der Waals surface area contributed by atoms with Crippen LogP contribution in [-0.2, 0) is 25.7 Å². The lowest BCUT2D eigenvalue weighted by Crippen LogP contribution is -2.09. The predicted octanol–water partition coefficient (Wildman–Crippen LogP) is 5.10. The van der Waals surface area contributed by atoms with Gasteiger partial charge in [-0.2, -0.15) is 0 Å². The zero-order valence-electron chi connectivity index (χ0n) is 12.7. The Morgan fingerprint density at radius 1 is 0.619 bits per heavy atom. The number of hydrogen-bond donors (Lipinski definition) is 0. The van der Waals surface area contributed by atoms with Gasteiger partial charge in [-0.3, -0.25) is 0 Å². The second kappa shape index (κ2) is 5.63. The molecule has 4 rings (SSSR count). The summed E-state index contributed by atoms with van der Waals surface area (Å²) in [5.74, 6) is 2.49. The summed E-state index contributed by atoms with van der Waals surface area (Å²) in [7, 11) is 0. The Kier molecular flexibility index (Phi) is 3.50. The third-order valence-electron chi connectivity index (χ3n) is 5.01. The van der Waals surface area contributed by atoms with Crippen LogP contribution in [0.4, 0.5) is 0 Å². The molecule has 2 aromatic rings. The van der Waals surface area contributed by atoms with E-state index in [1.54, 1.807) is 0 Å². The van der Waals surface area contributed by atoms with Crippen LogP contribution < -0.4 is 0 Å². The molecule has 108 valence electrons. The molecule has 0 radical (unpaired) electrons. The van der Waals surface area contributed by atoms with E-state index < -0.39 is 0 Å². The number of benzene rings is 1. The summed E-state index contributed by atoms with van der Waals surface area (Å²) < 4.78 is 6.37. The van der Waals surface area contributed by atoms with Crippen molar-refractivity contribution >= 4 is 0 Å². The molecule has 0 fully saturated rings. The molecule has 0 unspecified atom stereocenters. The van der Waals surface area contributed by atoms with E-state index in [0.717, 1.165) is 19.3 Å². The molecule has 0 bridgehead atoms. The van der Waals surface area contributed by atoms with Crippen molar-refractivity contribution in [2.45, 2.75) is 57.8 Å². The Bertz CT molecular complexity index is 601. The lowest BCUT2D eigenvalue weighted by Gasteiger charge is -2.14. The summed E-state index contributed by atoms with van der Waals surface area (Å²) in [5.41, 5.74) is 5.82. The number of aryl methyl sites for hydroxylation is 2. The second-order valence-corrected chi connectivity index (χ2v) is 6.53. The summed E-state index contributed by atoms with van der Waals surface area (Å²) in [6, 6.07) is 11.3. The molecule has 0 aliphatic heterocycles. The van der Waals surface area contributed by atoms with E-state index in [-0.39, 0.29) is 0 Å². The van der Waals surface area contributed by atoms with Gasteiger partial charge in [0.05, 0.1) is 24.0 Å². The molecule has 0 saturated carbocycles. The van der Waals surface area contributed by atoms with Crippen molar-refractivity contribution in [3.05, 3.63) is 64.1 Å². The van der Waals surface area contributed by atoms with Crippen LogP contribution in [-0.4, -0.2) is 0 Å². The van der Waals surface area contributed by atoms with Gasteiger partial charge < -0.3 is 0 Å². The van der Waals surface area contributed by atoms with Crippen molar-refractivity contribution in [1.29, 1.82) is 0 Å². The Morgan fingerprint density at radius 3 is 2.19 bits per heavy atom. The van der Waals surface area contributed by atoms with Gasteiger partial charge in [0.2, 0.25) is 0 Å². The van der Waals surface area contributed by atoms with Gasteiger partial charge in [-0.1, -0.05) is 43.5 Å². The molecule has 0 N–H and O–H groups in total. The highest BCUT2D eigenvalue weighted by atomic mass is 16.3. The third-order valence-corrected chi connectivity index (χ3v) is 5.01. The molecule has 0 spiro atoms. The first-order valence-electron chi connectivity index (χ1n) is 8.43. The van der Waals surface area contributed by atoms with Crippen molar-refractivity contribution in [3.8, 4) is 0 Å². The van der Waals surface area contributed by atoms with Gasteiger partial charge >= 0.3 is 11.5 Å². The van der Waals surface area contributed by atoms with Crippen LogP contribution in [0.1, 0.15) is 65.9 Å². The van der Waals surface area contributed by atoms with Gasteiger partial charge in [0.1, 0.15) is 0 Å². The molecule has 0 amide bonds. The van der Waals surface area contributed by atoms with Crippen LogP contribution in [0, 0.1) is 0 Å². The molecule has 0 atom stereocenters. The van der Waals surface area contributed by atoms with Gasteiger partial charge in [0, 0.05) is 6.42 Å². The SMILES string of the molecule is c1ccc2c(c1)Cc1cc3c([o+]c1C2)CCCCCCC3. The molecule has 2 aliphatic rings. The highest BCUT2D eigenvalue weighted by Gasteiger charge is 2.28. The van der Waals surface area contributed by atoms with E-state index in [1.165, 1.54) is 72.3 Å². The average molecular weight is 279 g/mol. The summed E-state index contributed by atoms with van der Waals surface area (Å²) in [5, 5.41) is 0. The standard InChI is InChI=1S/C20H23O/c1-2-4-10-17-13-18-12-15-8-6-7-9-16(15)14-20(18)21-19(17)11-5-3-1/h6-9,13H,1-5,10-12,14H2/q+1. The molecule has 21 heavy (non-hydrogen) atoms. The molecule has 1 heteroatoms. The van der Waals surface area contributed by atoms with E-state index in [4.69, 9.17) is 4.42 Å². The van der Waals surface area contributed by atoms with Gasteiger partial charge in [-0.25, -0.2) is 4.42 Å². The van der Waals surface area contributed by atoms with Crippen molar-refractivity contribution in [3.63, 3.8) is 0 Å². The zero-order valence-corrected chi connectivity index (χ0v) is 12.7. The molecule has 1 aromatic carbocycles. The minimum atomic E-state index is 0.971. The van der Waals surface area contributed by atoms with Crippen molar-refractivity contribution in [2.75, 3.05) is 0 Å². The quantitative estimate of drug-likeness (QED) is 0.521. The van der Waals surface area contributed by atoms with E-state index in [1.807, 2.05) is 0 Å². The van der Waals surface area contributed by atoms with E-state index >= 15 is 0 Å². The first kappa shape index (κ1) is 13.1. The highest BCUT2D eigenvalue weighted by molar-refractivity contribution is 5.43. The van der Waals surface area contributed by atoms with Crippen molar-refractivity contribution < 1.29 is 4.42 Å². The van der Waals surface area contributed by atoms with Crippen LogP contribution in [0.3, 0.4) is 0 Å². The Labute approximate surface area is 127 Å². The summed E-state index contributed by atoms with van der Waals surface area (Å²) >= 11 is 0. The van der Waals surface area contributed by atoms with Crippen LogP contribution in [0.5, 0.6) is 0 Å². The molecule has 1 heterocycles. The van der Waals surface area contributed by atoms with E-state index in [0.29, 0.717) is 0 Å². The Morgan fingerprint density at radius 2 is 1.33 bits per heavy atom. The van der Waals surface area contributed by atoms with Crippen LogP contribution >= 0.6 is 0 Å². The van der Waals surface area contributed by atoms with Crippen molar-refractivity contribution in [1.82, 2.24) is 0 Å². The highest BCUT2D eigenvalue weighted by Crippen LogP contribution is 2.31. The third kappa shape index (κ3) is 2.62. The maximum atomic E-state index is 6.37. The molecule has 1 aromatic heterocycles. The van der Waals surface area contributed by atoms with E-state index in [9.17, 15) is 0 Å². The van der Waals surface area contributed by atoms with Gasteiger partial charge in [-0.05, 0) is 36.5 Å². The first-order chi connectivity index (χ1) is 10.4. The van der Waals surface area contributed by atoms with Crippen molar-refractivity contribution in [2.24, 2.45) is 0 Å². The zero-order chi connectivity index (χ0) is 14.1. The Hall–Kier alpha value is -1.63. The summed E-state index contributed by atoms with van der Waals surface area (Å²) in [6.45, 7) is 0. The van der Waals surface area contributed by atoms with E-state index in [2.05, 4.69) is 30.3 Å². The van der Waals surface area contributed by atoms with Gasteiger partial charge in [-0.15, -0.1) is 0 Å². The maximum Gasteiger partial charge on any atom is 0.337 e. The molecule has 1 nitrogen and oxygen atoms in total. The Balaban J connectivity index is 1.71. The maximum absolute atomic E-state index is 6.37. The van der Waals surface area contributed by atoms with Gasteiger partial charge in [0.15, 0.2) is 0 Å². The molecular formula is C20H23O+. The van der Waals surface area contributed by atoms with Gasteiger partial charge in [0.25, 0.3) is 0 Å². The fourth-order valence-electron chi connectivity index (χ4n) is 3.79. The van der Waals surface area contributed by atoms with Crippen LogP contribution in [0.15, 0.2) is 34.7 Å². The van der Waals surface area contributed by atoms with Crippen LogP contribution in [0.2, 0.25) is 0 Å². The largest absolute Gasteiger partial charge is 0.337 e. The molecular weight excluding hydrogens is 256 g/mol. The monoisotopic (exact) mass is 279 g/mol. The minimum Gasteiger partial charge on any atom is -0.217 e. The minimum absolute atomic E-state index is 0.971. The summed E-state index contributed by atoms with van der Waals surface area (Å²) in [6.07, 6.45) is 11.1. The fourth-order valence-corrected chi connectivity index (χ4v) is 3.79. The predicted molar refractivity (Wildman–Crippen MR) is 85.7 cm³/mol. The first-order valence-corrected chi connectivity index (χ1v) is 8.43. The molecule has 0 saturated heterocycles. The number of rotatable bonds is 0. The summed E-state index contributed by atoms with van der Waals surface area (Å²) in [4.78, 5) is 0. The lowest BCUT2D eigenvalue weighted by molar-refractivity contribution is 0.433. The van der Waals surface area contributed by atoms with Crippen LogP contribution in [0.25, 0.3) is 0 Å². The average Bonchev–Trinajstić information content (AvgIpc) is 2.62. The number of hydrogen-bond acceptors (Lipinski definition) is 0. The lowest BCUT2D eigenvalue weighted by atomic mass is 9.88.